The maximum Gasteiger partial charge on any atom is 0.399 e. The van der Waals surface area contributed by atoms with Crippen LogP contribution in [0.4, 0.5) is 13.2 Å². The Bertz CT molecular complexity index is 291. The number of nitrogens with zero attached hydrogens (tertiary/aromatic N) is 1. The number of hydrogen-bond donors (Lipinski definition) is 3. The highest BCUT2D eigenvalue weighted by atomic mass is 19.4. The van der Waals surface area contributed by atoms with Crippen molar-refractivity contribution in [2.75, 3.05) is 19.6 Å². The lowest BCUT2D eigenvalue weighted by atomic mass is 9.94. The summed E-state index contributed by atoms with van der Waals surface area (Å²) < 4.78 is 37.8. The van der Waals surface area contributed by atoms with E-state index in [2.05, 4.69) is 0 Å². The number of amidine groups is 1. The molecule has 0 amide bonds. The summed E-state index contributed by atoms with van der Waals surface area (Å²) in [6, 6.07) is 0. The molecule has 0 bridgehead atoms. The number of piperidine rings is 1. The predicted octanol–water partition coefficient (Wildman–Crippen LogP) is 0.948. The Morgan fingerprint density at radius 1 is 1.59 bits per heavy atom. The highest BCUT2D eigenvalue weighted by Gasteiger charge is 2.43. The van der Waals surface area contributed by atoms with E-state index in [1.54, 1.807) is 6.92 Å². The lowest BCUT2D eigenvalue weighted by Gasteiger charge is -2.38. The van der Waals surface area contributed by atoms with Crippen LogP contribution in [0.1, 0.15) is 19.8 Å². The topological polar surface area (TPSA) is 73.3 Å². The van der Waals surface area contributed by atoms with E-state index in [1.807, 2.05) is 0 Å². The smallest absolute Gasteiger partial charge is 0.389 e. The molecule has 7 heteroatoms. The van der Waals surface area contributed by atoms with Crippen molar-refractivity contribution in [1.29, 1.82) is 5.41 Å². The number of aliphatic hydroxyl groups is 1. The van der Waals surface area contributed by atoms with Gasteiger partial charge in [0.1, 0.15) is 11.8 Å². The molecule has 17 heavy (non-hydrogen) atoms. The van der Waals surface area contributed by atoms with E-state index in [1.165, 1.54) is 4.90 Å². The molecule has 0 saturated carbocycles. The van der Waals surface area contributed by atoms with Gasteiger partial charge in [0.05, 0.1) is 5.60 Å². The third kappa shape index (κ3) is 4.16. The highest BCUT2D eigenvalue weighted by Crippen LogP contribution is 2.29. The van der Waals surface area contributed by atoms with Crippen molar-refractivity contribution in [3.05, 3.63) is 0 Å². The van der Waals surface area contributed by atoms with Crippen molar-refractivity contribution in [2.24, 2.45) is 11.7 Å². The van der Waals surface area contributed by atoms with E-state index in [-0.39, 0.29) is 13.1 Å². The van der Waals surface area contributed by atoms with E-state index in [0.29, 0.717) is 19.4 Å². The molecule has 1 aliphatic rings. The maximum atomic E-state index is 12.6. The summed E-state index contributed by atoms with van der Waals surface area (Å²) in [6.07, 6.45) is -3.27. The van der Waals surface area contributed by atoms with Gasteiger partial charge in [0.15, 0.2) is 0 Å². The molecule has 100 valence electrons. The van der Waals surface area contributed by atoms with Gasteiger partial charge in [-0.1, -0.05) is 0 Å². The number of rotatable bonds is 3. The number of nitrogens with two attached hydrogens (primary N) is 1. The molecule has 0 aromatic heterocycles. The first-order valence-corrected chi connectivity index (χ1v) is 5.47. The first-order valence-electron chi connectivity index (χ1n) is 5.47. The summed E-state index contributed by atoms with van der Waals surface area (Å²) in [5.41, 5.74) is 4.03. The molecule has 0 radical (unpaired) electrons. The molecule has 1 aliphatic heterocycles. The largest absolute Gasteiger partial charge is 0.399 e. The summed E-state index contributed by atoms with van der Waals surface area (Å²) in [5, 5.41) is 16.8. The number of alkyl halides is 3. The molecule has 1 fully saturated rings. The summed E-state index contributed by atoms with van der Waals surface area (Å²) in [5.74, 6) is -2.82. The molecule has 4 nitrogen and oxygen atoms in total. The van der Waals surface area contributed by atoms with Gasteiger partial charge in [-0.15, -0.1) is 0 Å². The number of halogens is 3. The number of likely N-dealkylation sites (tertiary alicyclic amines) is 1. The van der Waals surface area contributed by atoms with Crippen LogP contribution < -0.4 is 5.73 Å². The van der Waals surface area contributed by atoms with Crippen LogP contribution >= 0.6 is 0 Å². The minimum Gasteiger partial charge on any atom is -0.389 e. The van der Waals surface area contributed by atoms with Crippen molar-refractivity contribution in [2.45, 2.75) is 31.5 Å². The second-order valence-electron chi connectivity index (χ2n) is 4.89. The number of hydrogen-bond acceptors (Lipinski definition) is 3. The van der Waals surface area contributed by atoms with Crippen LogP contribution in [0.15, 0.2) is 0 Å². The van der Waals surface area contributed by atoms with Crippen molar-refractivity contribution >= 4 is 5.84 Å². The fourth-order valence-electron chi connectivity index (χ4n) is 2.12. The Balaban J connectivity index is 2.65. The molecular weight excluding hydrogens is 235 g/mol. The first-order chi connectivity index (χ1) is 7.62. The quantitative estimate of drug-likeness (QED) is 0.518. The highest BCUT2D eigenvalue weighted by molar-refractivity contribution is 5.80. The van der Waals surface area contributed by atoms with Crippen molar-refractivity contribution in [3.8, 4) is 0 Å². The van der Waals surface area contributed by atoms with Crippen LogP contribution in [0.3, 0.4) is 0 Å². The van der Waals surface area contributed by atoms with Crippen LogP contribution in [-0.2, 0) is 0 Å². The van der Waals surface area contributed by atoms with Gasteiger partial charge >= 0.3 is 6.18 Å². The van der Waals surface area contributed by atoms with Crippen molar-refractivity contribution in [1.82, 2.24) is 4.90 Å². The molecule has 1 saturated heterocycles. The third-order valence-corrected chi connectivity index (χ3v) is 2.97. The van der Waals surface area contributed by atoms with Crippen molar-refractivity contribution in [3.63, 3.8) is 0 Å². The summed E-state index contributed by atoms with van der Waals surface area (Å²) in [7, 11) is 0. The Morgan fingerprint density at radius 2 is 2.18 bits per heavy atom. The van der Waals surface area contributed by atoms with E-state index < -0.39 is 23.5 Å². The Hall–Kier alpha value is -0.820. The van der Waals surface area contributed by atoms with Gasteiger partial charge in [-0.25, -0.2) is 0 Å². The molecule has 1 rings (SSSR count). The first kappa shape index (κ1) is 14.2. The zero-order valence-electron chi connectivity index (χ0n) is 9.72. The average molecular weight is 253 g/mol. The predicted molar refractivity (Wildman–Crippen MR) is 57.8 cm³/mol. The van der Waals surface area contributed by atoms with Crippen LogP contribution in [0.5, 0.6) is 0 Å². The minimum atomic E-state index is -4.50. The van der Waals surface area contributed by atoms with E-state index in [0.717, 1.165) is 0 Å². The van der Waals surface area contributed by atoms with Gasteiger partial charge in [0.25, 0.3) is 0 Å². The molecule has 2 atom stereocenters. The second kappa shape index (κ2) is 4.81. The molecule has 0 aliphatic carbocycles. The third-order valence-electron chi connectivity index (χ3n) is 2.97. The zero-order chi connectivity index (χ0) is 13.3. The van der Waals surface area contributed by atoms with Gasteiger partial charge in [0, 0.05) is 13.1 Å². The van der Waals surface area contributed by atoms with Crippen LogP contribution in [-0.4, -0.2) is 47.3 Å². The normalized spacial score (nSPS) is 29.0. The molecule has 0 aromatic carbocycles. The molecule has 4 N–H and O–H groups in total. The second-order valence-corrected chi connectivity index (χ2v) is 4.89. The average Bonchev–Trinajstić information content (AvgIpc) is 2.10. The van der Waals surface area contributed by atoms with E-state index in [4.69, 9.17) is 11.1 Å². The summed E-state index contributed by atoms with van der Waals surface area (Å²) in [4.78, 5) is 1.52. The standard InChI is InChI=1S/C10H18F3N3O/c1-9(17)3-2-4-16(6-9)5-7(8(14)15)10(11,12)13/h7,17H,2-6H2,1H3,(H3,14,15). The monoisotopic (exact) mass is 253 g/mol. The van der Waals surface area contributed by atoms with Gasteiger partial charge in [-0.3, -0.25) is 10.3 Å². The van der Waals surface area contributed by atoms with Crippen LogP contribution in [0, 0.1) is 11.3 Å². The number of β-amino-alcohol motifs (C(OH)–C–C–N with tert-alkyl or cyclic N) is 1. The molecular formula is C10H18F3N3O. The Kier molecular flexibility index (Phi) is 4.03. The molecule has 0 aromatic rings. The lowest BCUT2D eigenvalue weighted by molar-refractivity contribution is -0.163. The SMILES string of the molecule is CC1(O)CCCN(CC(C(=N)N)C(F)(F)F)C1. The van der Waals surface area contributed by atoms with Gasteiger partial charge in [-0.2, -0.15) is 13.2 Å². The van der Waals surface area contributed by atoms with Crippen molar-refractivity contribution < 1.29 is 18.3 Å². The molecule has 1 heterocycles. The van der Waals surface area contributed by atoms with E-state index >= 15 is 0 Å². The maximum absolute atomic E-state index is 12.6. The number of nitrogens with one attached hydrogen (secondary N) is 1. The summed E-state index contributed by atoms with van der Waals surface area (Å²) >= 11 is 0. The van der Waals surface area contributed by atoms with E-state index in [9.17, 15) is 18.3 Å². The molecule has 0 spiro atoms. The summed E-state index contributed by atoms with van der Waals surface area (Å²) in [6.45, 7) is 1.94. The minimum absolute atomic E-state index is 0.187. The van der Waals surface area contributed by atoms with Crippen LogP contribution in [0.2, 0.25) is 0 Å². The Morgan fingerprint density at radius 3 is 2.59 bits per heavy atom. The lowest BCUT2D eigenvalue weighted by Crippen LogP contribution is -2.51. The van der Waals surface area contributed by atoms with Gasteiger partial charge < -0.3 is 10.8 Å². The van der Waals surface area contributed by atoms with Gasteiger partial charge in [-0.05, 0) is 26.3 Å². The molecule has 2 unspecified atom stereocenters. The van der Waals surface area contributed by atoms with Gasteiger partial charge in [0.2, 0.25) is 0 Å². The fourth-order valence-corrected chi connectivity index (χ4v) is 2.12. The zero-order valence-corrected chi connectivity index (χ0v) is 9.72. The Labute approximate surface area is 98.1 Å². The van der Waals surface area contributed by atoms with Crippen LogP contribution in [0.25, 0.3) is 0 Å². The fraction of sp³-hybridized carbons (Fsp3) is 0.900.